The molecule has 1 heterocycles. The highest BCUT2D eigenvalue weighted by Gasteiger charge is 2.22. The number of nitrogens with zero attached hydrogens (tertiary/aromatic N) is 2. The molecule has 17 heavy (non-hydrogen) atoms. The van der Waals surface area contributed by atoms with E-state index in [1.807, 2.05) is 12.5 Å². The molecule has 1 aromatic rings. The van der Waals surface area contributed by atoms with Gasteiger partial charge in [-0.05, 0) is 26.7 Å². The number of hydrogen-bond donors (Lipinski definition) is 2. The van der Waals surface area contributed by atoms with Gasteiger partial charge in [0.05, 0.1) is 18.1 Å². The standard InChI is InChI=1S/C13H23N3O/c1-10(2)16-9-14-7-11(16)8-15-12-5-3-4-6-13(12)17/h7,9-10,12-13,15,17H,3-6,8H2,1-2H3. The summed E-state index contributed by atoms with van der Waals surface area (Å²) >= 11 is 0. The van der Waals surface area contributed by atoms with Gasteiger partial charge < -0.3 is 15.0 Å². The molecular formula is C13H23N3O. The van der Waals surface area contributed by atoms with E-state index in [1.54, 1.807) is 0 Å². The first-order chi connectivity index (χ1) is 8.18. The maximum atomic E-state index is 9.89. The van der Waals surface area contributed by atoms with Crippen molar-refractivity contribution in [3.63, 3.8) is 0 Å². The number of imidazole rings is 1. The van der Waals surface area contributed by atoms with Gasteiger partial charge in [-0.2, -0.15) is 0 Å². The fraction of sp³-hybridized carbons (Fsp3) is 0.769. The normalized spacial score (nSPS) is 25.4. The molecular weight excluding hydrogens is 214 g/mol. The molecule has 1 aromatic heterocycles. The van der Waals surface area contributed by atoms with Crippen molar-refractivity contribution >= 4 is 0 Å². The summed E-state index contributed by atoms with van der Waals surface area (Å²) in [5.41, 5.74) is 1.19. The topological polar surface area (TPSA) is 50.1 Å². The molecule has 0 aliphatic heterocycles. The van der Waals surface area contributed by atoms with Crippen LogP contribution in [-0.4, -0.2) is 26.8 Å². The first-order valence-corrected chi connectivity index (χ1v) is 6.60. The predicted octanol–water partition coefficient (Wildman–Crippen LogP) is 1.86. The number of aliphatic hydroxyl groups excluding tert-OH is 1. The van der Waals surface area contributed by atoms with Gasteiger partial charge in [-0.15, -0.1) is 0 Å². The summed E-state index contributed by atoms with van der Waals surface area (Å²) < 4.78 is 2.17. The van der Waals surface area contributed by atoms with E-state index in [-0.39, 0.29) is 12.1 Å². The molecule has 4 nitrogen and oxygen atoms in total. The van der Waals surface area contributed by atoms with Crippen LogP contribution in [0.1, 0.15) is 51.3 Å². The largest absolute Gasteiger partial charge is 0.392 e. The van der Waals surface area contributed by atoms with E-state index in [0.29, 0.717) is 6.04 Å². The van der Waals surface area contributed by atoms with Crippen molar-refractivity contribution in [1.82, 2.24) is 14.9 Å². The van der Waals surface area contributed by atoms with Crippen molar-refractivity contribution in [3.05, 3.63) is 18.2 Å². The van der Waals surface area contributed by atoms with Gasteiger partial charge in [-0.25, -0.2) is 4.98 Å². The molecule has 2 rings (SSSR count). The maximum Gasteiger partial charge on any atom is 0.0951 e. The smallest absolute Gasteiger partial charge is 0.0951 e. The minimum atomic E-state index is -0.181. The van der Waals surface area contributed by atoms with Gasteiger partial charge in [0.25, 0.3) is 0 Å². The van der Waals surface area contributed by atoms with E-state index in [4.69, 9.17) is 0 Å². The fourth-order valence-corrected chi connectivity index (χ4v) is 2.52. The highest BCUT2D eigenvalue weighted by atomic mass is 16.3. The predicted molar refractivity (Wildman–Crippen MR) is 67.7 cm³/mol. The first kappa shape index (κ1) is 12.6. The van der Waals surface area contributed by atoms with Gasteiger partial charge >= 0.3 is 0 Å². The summed E-state index contributed by atoms with van der Waals surface area (Å²) in [4.78, 5) is 4.19. The molecule has 0 aromatic carbocycles. The number of aliphatic hydroxyl groups is 1. The van der Waals surface area contributed by atoms with Crippen molar-refractivity contribution in [2.24, 2.45) is 0 Å². The molecule has 1 aliphatic rings. The van der Waals surface area contributed by atoms with Crippen LogP contribution in [-0.2, 0) is 6.54 Å². The van der Waals surface area contributed by atoms with Crippen LogP contribution in [0.3, 0.4) is 0 Å². The van der Waals surface area contributed by atoms with Crippen molar-refractivity contribution in [2.75, 3.05) is 0 Å². The lowest BCUT2D eigenvalue weighted by Gasteiger charge is -2.28. The molecule has 0 saturated heterocycles. The Balaban J connectivity index is 1.90. The number of hydrogen-bond acceptors (Lipinski definition) is 3. The first-order valence-electron chi connectivity index (χ1n) is 6.60. The Kier molecular flexibility index (Phi) is 4.18. The van der Waals surface area contributed by atoms with Gasteiger partial charge in [0.2, 0.25) is 0 Å². The minimum absolute atomic E-state index is 0.181. The molecule has 2 N–H and O–H groups in total. The van der Waals surface area contributed by atoms with Crippen molar-refractivity contribution in [1.29, 1.82) is 0 Å². The Morgan fingerprint density at radius 2 is 2.24 bits per heavy atom. The minimum Gasteiger partial charge on any atom is -0.392 e. The van der Waals surface area contributed by atoms with E-state index in [2.05, 4.69) is 28.7 Å². The van der Waals surface area contributed by atoms with E-state index in [0.717, 1.165) is 25.8 Å². The molecule has 1 fully saturated rings. The molecule has 1 aliphatic carbocycles. The summed E-state index contributed by atoms with van der Waals surface area (Å²) in [6.45, 7) is 5.10. The maximum absolute atomic E-state index is 9.89. The Morgan fingerprint density at radius 1 is 1.47 bits per heavy atom. The second-order valence-corrected chi connectivity index (χ2v) is 5.23. The third-order valence-corrected chi connectivity index (χ3v) is 3.58. The molecule has 0 bridgehead atoms. The quantitative estimate of drug-likeness (QED) is 0.840. The van der Waals surface area contributed by atoms with Crippen LogP contribution in [0.15, 0.2) is 12.5 Å². The average Bonchev–Trinajstić information content (AvgIpc) is 2.76. The van der Waals surface area contributed by atoms with Crippen LogP contribution in [0.25, 0.3) is 0 Å². The zero-order valence-corrected chi connectivity index (χ0v) is 10.8. The molecule has 0 radical (unpaired) electrons. The molecule has 2 unspecified atom stereocenters. The summed E-state index contributed by atoms with van der Waals surface area (Å²) in [7, 11) is 0. The van der Waals surface area contributed by atoms with Gasteiger partial charge in [-0.1, -0.05) is 12.8 Å². The van der Waals surface area contributed by atoms with Crippen molar-refractivity contribution in [2.45, 2.75) is 64.3 Å². The van der Waals surface area contributed by atoms with E-state index in [1.165, 1.54) is 12.1 Å². The van der Waals surface area contributed by atoms with Crippen LogP contribution < -0.4 is 5.32 Å². The Hall–Kier alpha value is -0.870. The summed E-state index contributed by atoms with van der Waals surface area (Å²) in [6, 6.07) is 0.685. The molecule has 0 spiro atoms. The van der Waals surface area contributed by atoms with Gasteiger partial charge in [0.1, 0.15) is 0 Å². The second kappa shape index (κ2) is 5.65. The fourth-order valence-electron chi connectivity index (χ4n) is 2.52. The van der Waals surface area contributed by atoms with Gasteiger partial charge in [-0.3, -0.25) is 0 Å². The molecule has 0 amide bonds. The van der Waals surface area contributed by atoms with Gasteiger partial charge in [0, 0.05) is 24.8 Å². The molecule has 1 saturated carbocycles. The van der Waals surface area contributed by atoms with Crippen LogP contribution in [0.5, 0.6) is 0 Å². The Morgan fingerprint density at radius 3 is 2.94 bits per heavy atom. The highest BCUT2D eigenvalue weighted by Crippen LogP contribution is 2.19. The Bertz CT molecular complexity index is 348. The number of aromatic nitrogens is 2. The van der Waals surface area contributed by atoms with Crippen LogP contribution >= 0.6 is 0 Å². The zero-order valence-electron chi connectivity index (χ0n) is 10.8. The number of rotatable bonds is 4. The van der Waals surface area contributed by atoms with E-state index < -0.39 is 0 Å². The van der Waals surface area contributed by atoms with Crippen molar-refractivity contribution < 1.29 is 5.11 Å². The van der Waals surface area contributed by atoms with Gasteiger partial charge in [0.15, 0.2) is 0 Å². The van der Waals surface area contributed by atoms with Crippen LogP contribution in [0, 0.1) is 0 Å². The molecule has 2 atom stereocenters. The summed E-state index contributed by atoms with van der Waals surface area (Å²) in [5, 5.41) is 13.3. The number of nitrogens with one attached hydrogen (secondary N) is 1. The van der Waals surface area contributed by atoms with E-state index in [9.17, 15) is 5.11 Å². The van der Waals surface area contributed by atoms with Crippen molar-refractivity contribution in [3.8, 4) is 0 Å². The summed E-state index contributed by atoms with van der Waals surface area (Å²) in [5.74, 6) is 0. The monoisotopic (exact) mass is 237 g/mol. The SMILES string of the molecule is CC(C)n1cncc1CNC1CCCCC1O. The lowest BCUT2D eigenvalue weighted by molar-refractivity contribution is 0.0899. The average molecular weight is 237 g/mol. The third kappa shape index (κ3) is 3.07. The summed E-state index contributed by atoms with van der Waals surface area (Å²) in [6.07, 6.45) is 7.99. The lowest BCUT2D eigenvalue weighted by atomic mass is 9.92. The van der Waals surface area contributed by atoms with Crippen LogP contribution in [0.4, 0.5) is 0 Å². The second-order valence-electron chi connectivity index (χ2n) is 5.23. The Labute approximate surface area is 103 Å². The van der Waals surface area contributed by atoms with Crippen LogP contribution in [0.2, 0.25) is 0 Å². The third-order valence-electron chi connectivity index (χ3n) is 3.58. The zero-order chi connectivity index (χ0) is 12.3. The highest BCUT2D eigenvalue weighted by molar-refractivity contribution is 5.00. The molecule has 96 valence electrons. The lowest BCUT2D eigenvalue weighted by Crippen LogP contribution is -2.41. The van der Waals surface area contributed by atoms with E-state index >= 15 is 0 Å². The molecule has 4 heteroatoms.